The molecular formula is C21H26N2O3S. The summed E-state index contributed by atoms with van der Waals surface area (Å²) in [6.07, 6.45) is 3.92. The lowest BCUT2D eigenvalue weighted by atomic mass is 9.97. The molecule has 1 heterocycles. The van der Waals surface area contributed by atoms with Crippen LogP contribution in [0.1, 0.15) is 42.0 Å². The highest BCUT2D eigenvalue weighted by atomic mass is 32.2. The van der Waals surface area contributed by atoms with E-state index in [-0.39, 0.29) is 11.9 Å². The number of rotatable bonds is 6. The van der Waals surface area contributed by atoms with Crippen LogP contribution in [0.25, 0.3) is 0 Å². The number of benzene rings is 2. The average molecular weight is 387 g/mol. The Morgan fingerprint density at radius 3 is 2.59 bits per heavy atom. The molecule has 1 aliphatic rings. The number of carbonyl (C=O) groups excluding carboxylic acids is 1. The molecule has 0 aromatic heterocycles. The second-order valence-corrected chi connectivity index (χ2v) is 8.99. The van der Waals surface area contributed by atoms with Crippen LogP contribution in [0.5, 0.6) is 0 Å². The molecule has 3 rings (SSSR count). The van der Waals surface area contributed by atoms with Crippen molar-refractivity contribution in [1.82, 2.24) is 5.32 Å². The van der Waals surface area contributed by atoms with Gasteiger partial charge in [-0.1, -0.05) is 42.5 Å². The van der Waals surface area contributed by atoms with Crippen molar-refractivity contribution in [2.45, 2.75) is 38.6 Å². The number of anilines is 1. The first kappa shape index (κ1) is 19.4. The summed E-state index contributed by atoms with van der Waals surface area (Å²) < 4.78 is 25.5. The highest BCUT2D eigenvalue weighted by Gasteiger charge is 2.30. The Morgan fingerprint density at radius 1 is 1.15 bits per heavy atom. The third kappa shape index (κ3) is 4.69. The second-order valence-electron chi connectivity index (χ2n) is 7.08. The van der Waals surface area contributed by atoms with E-state index < -0.39 is 10.0 Å². The van der Waals surface area contributed by atoms with Crippen LogP contribution in [-0.4, -0.2) is 27.1 Å². The Kier molecular flexibility index (Phi) is 5.85. The lowest BCUT2D eigenvalue weighted by Gasteiger charge is -2.34. The Morgan fingerprint density at radius 2 is 1.85 bits per heavy atom. The first-order valence-corrected chi connectivity index (χ1v) is 11.1. The summed E-state index contributed by atoms with van der Waals surface area (Å²) in [6, 6.07) is 15.5. The van der Waals surface area contributed by atoms with Gasteiger partial charge in [0.15, 0.2) is 0 Å². The fraction of sp³-hybridized carbons (Fsp3) is 0.381. The molecule has 1 aliphatic heterocycles. The summed E-state index contributed by atoms with van der Waals surface area (Å²) in [4.78, 5) is 12.4. The Balaban J connectivity index is 1.62. The van der Waals surface area contributed by atoms with Crippen LogP contribution >= 0.6 is 0 Å². The van der Waals surface area contributed by atoms with Crippen molar-refractivity contribution in [2.24, 2.45) is 0 Å². The molecular weight excluding hydrogens is 360 g/mol. The molecule has 1 atom stereocenters. The van der Waals surface area contributed by atoms with E-state index in [9.17, 15) is 13.2 Å². The summed E-state index contributed by atoms with van der Waals surface area (Å²) in [6.45, 7) is 2.46. The van der Waals surface area contributed by atoms with Crippen molar-refractivity contribution < 1.29 is 13.2 Å². The van der Waals surface area contributed by atoms with Crippen LogP contribution in [0.4, 0.5) is 5.69 Å². The van der Waals surface area contributed by atoms with Crippen molar-refractivity contribution >= 4 is 21.6 Å². The minimum atomic E-state index is -3.32. The number of nitrogens with one attached hydrogen (secondary N) is 1. The maximum atomic E-state index is 12.4. The van der Waals surface area contributed by atoms with Crippen molar-refractivity contribution in [3.63, 3.8) is 0 Å². The average Bonchev–Trinajstić information content (AvgIpc) is 2.62. The summed E-state index contributed by atoms with van der Waals surface area (Å²) in [7, 11) is -3.32. The van der Waals surface area contributed by atoms with E-state index in [4.69, 9.17) is 0 Å². The standard InChI is InChI=1S/C21H26N2O3S/c1-16-8-3-4-9-17(16)10-7-13-21(24)22-19-14-15-23(27(2,25)26)20-12-6-5-11-18(19)20/h3-6,8-9,11-12,19H,7,10,13-15H2,1-2H3,(H,22,24). The van der Waals surface area contributed by atoms with Crippen molar-refractivity contribution in [3.05, 3.63) is 65.2 Å². The van der Waals surface area contributed by atoms with Gasteiger partial charge < -0.3 is 5.32 Å². The van der Waals surface area contributed by atoms with Crippen molar-refractivity contribution in [2.75, 3.05) is 17.1 Å². The van der Waals surface area contributed by atoms with Crippen LogP contribution in [0.3, 0.4) is 0 Å². The van der Waals surface area contributed by atoms with Crippen LogP contribution in [0.2, 0.25) is 0 Å². The number of amides is 1. The fourth-order valence-corrected chi connectivity index (χ4v) is 4.58. The van der Waals surface area contributed by atoms with Gasteiger partial charge in [0.05, 0.1) is 18.0 Å². The number of carbonyl (C=O) groups is 1. The normalized spacial score (nSPS) is 16.7. The monoisotopic (exact) mass is 386 g/mol. The first-order chi connectivity index (χ1) is 12.9. The number of para-hydroxylation sites is 1. The van der Waals surface area contributed by atoms with E-state index in [1.807, 2.05) is 30.3 Å². The summed E-state index contributed by atoms with van der Waals surface area (Å²) in [5.41, 5.74) is 4.05. The van der Waals surface area contributed by atoms with Crippen molar-refractivity contribution in [3.8, 4) is 0 Å². The molecule has 0 spiro atoms. The van der Waals surface area contributed by atoms with Crippen LogP contribution in [0.15, 0.2) is 48.5 Å². The molecule has 144 valence electrons. The Hall–Kier alpha value is -2.34. The predicted molar refractivity (Wildman–Crippen MR) is 108 cm³/mol. The molecule has 27 heavy (non-hydrogen) atoms. The largest absolute Gasteiger partial charge is 0.349 e. The van der Waals surface area contributed by atoms with Gasteiger partial charge in [0.1, 0.15) is 0 Å². The molecule has 6 heteroatoms. The van der Waals surface area contributed by atoms with E-state index >= 15 is 0 Å². The molecule has 0 saturated carbocycles. The Bertz CT molecular complexity index is 925. The highest BCUT2D eigenvalue weighted by molar-refractivity contribution is 7.92. The summed E-state index contributed by atoms with van der Waals surface area (Å²) in [5.74, 6) is 0.0104. The number of hydrogen-bond donors (Lipinski definition) is 1. The maximum Gasteiger partial charge on any atom is 0.232 e. The summed E-state index contributed by atoms with van der Waals surface area (Å²) >= 11 is 0. The molecule has 0 aliphatic carbocycles. The second kappa shape index (κ2) is 8.13. The molecule has 1 unspecified atom stereocenters. The van der Waals surface area contributed by atoms with E-state index in [1.54, 1.807) is 6.07 Å². The molecule has 1 N–H and O–H groups in total. The van der Waals surface area contributed by atoms with Gasteiger partial charge in [-0.25, -0.2) is 8.42 Å². The SMILES string of the molecule is Cc1ccccc1CCCC(=O)NC1CCN(S(C)(=O)=O)c2ccccc21. The number of aryl methyl sites for hydroxylation is 2. The van der Waals surface area contributed by atoms with Gasteiger partial charge in [-0.2, -0.15) is 0 Å². The van der Waals surface area contributed by atoms with Gasteiger partial charge in [-0.05, 0) is 48.9 Å². The topological polar surface area (TPSA) is 66.5 Å². The zero-order valence-electron chi connectivity index (χ0n) is 15.8. The molecule has 1 amide bonds. The lowest BCUT2D eigenvalue weighted by molar-refractivity contribution is -0.122. The van der Waals surface area contributed by atoms with Gasteiger partial charge >= 0.3 is 0 Å². The van der Waals surface area contributed by atoms with E-state index in [0.29, 0.717) is 25.1 Å². The van der Waals surface area contributed by atoms with Gasteiger partial charge in [0, 0.05) is 13.0 Å². The Labute approximate surface area is 161 Å². The number of sulfonamides is 1. The maximum absolute atomic E-state index is 12.4. The molecule has 0 saturated heterocycles. The zero-order chi connectivity index (χ0) is 19.4. The molecule has 2 aromatic carbocycles. The van der Waals surface area contributed by atoms with E-state index in [2.05, 4.69) is 24.4 Å². The molecule has 0 fully saturated rings. The minimum absolute atomic E-state index is 0.0104. The first-order valence-electron chi connectivity index (χ1n) is 9.27. The van der Waals surface area contributed by atoms with Crippen LogP contribution in [0, 0.1) is 6.92 Å². The fourth-order valence-electron chi connectivity index (χ4n) is 3.62. The molecule has 0 bridgehead atoms. The molecule has 5 nitrogen and oxygen atoms in total. The molecule has 0 radical (unpaired) electrons. The van der Waals surface area contributed by atoms with Crippen molar-refractivity contribution in [1.29, 1.82) is 0 Å². The van der Waals surface area contributed by atoms with Gasteiger partial charge in [0.2, 0.25) is 15.9 Å². The van der Waals surface area contributed by atoms with Gasteiger partial charge in [-0.15, -0.1) is 0 Å². The number of hydrogen-bond acceptors (Lipinski definition) is 3. The highest BCUT2D eigenvalue weighted by Crippen LogP contribution is 2.35. The third-order valence-corrected chi connectivity index (χ3v) is 6.23. The van der Waals surface area contributed by atoms with Crippen LogP contribution < -0.4 is 9.62 Å². The number of fused-ring (bicyclic) bond motifs is 1. The van der Waals surface area contributed by atoms with E-state index in [0.717, 1.165) is 18.4 Å². The minimum Gasteiger partial charge on any atom is -0.349 e. The van der Waals surface area contributed by atoms with Gasteiger partial charge in [0.25, 0.3) is 0 Å². The van der Waals surface area contributed by atoms with E-state index in [1.165, 1.54) is 21.7 Å². The quantitative estimate of drug-likeness (QED) is 0.828. The number of nitrogens with zero attached hydrogens (tertiary/aromatic N) is 1. The third-order valence-electron chi connectivity index (χ3n) is 5.05. The predicted octanol–water partition coefficient (Wildman–Crippen LogP) is 3.34. The van der Waals surface area contributed by atoms with Gasteiger partial charge in [-0.3, -0.25) is 9.10 Å². The zero-order valence-corrected chi connectivity index (χ0v) is 16.6. The summed E-state index contributed by atoms with van der Waals surface area (Å²) in [5, 5.41) is 3.09. The lowest BCUT2D eigenvalue weighted by Crippen LogP contribution is -2.40. The smallest absolute Gasteiger partial charge is 0.232 e. The molecule has 2 aromatic rings. The van der Waals surface area contributed by atoms with Crippen LogP contribution in [-0.2, 0) is 21.2 Å².